The highest BCUT2D eigenvalue weighted by Crippen LogP contribution is 2.39. The molecule has 3 aromatic carbocycles. The number of hydrogen-bond acceptors (Lipinski definition) is 9. The molecule has 1 atom stereocenters. The van der Waals surface area contributed by atoms with Gasteiger partial charge in [-0.1, -0.05) is 42.5 Å². The molecule has 1 amide bonds. The van der Waals surface area contributed by atoms with Gasteiger partial charge in [-0.25, -0.2) is 9.67 Å². The number of likely N-dealkylation sites (tertiary alicyclic amines) is 1. The number of fused-ring (bicyclic) bond motifs is 1. The maximum absolute atomic E-state index is 14.1. The summed E-state index contributed by atoms with van der Waals surface area (Å²) >= 11 is 0. The lowest BCUT2D eigenvalue weighted by atomic mass is 9.76. The van der Waals surface area contributed by atoms with Gasteiger partial charge in [0.15, 0.2) is 0 Å². The van der Waals surface area contributed by atoms with Gasteiger partial charge in [0.2, 0.25) is 5.95 Å². The number of methoxy groups -OCH3 is 1. The van der Waals surface area contributed by atoms with E-state index >= 15 is 0 Å². The Labute approximate surface area is 299 Å². The monoisotopic (exact) mass is 699 g/mol. The third kappa shape index (κ3) is 7.33. The third-order valence-electron chi connectivity index (χ3n) is 10.1. The van der Waals surface area contributed by atoms with Crippen LogP contribution in [-0.2, 0) is 16.7 Å². The minimum absolute atomic E-state index is 0. The molecule has 13 heteroatoms. The van der Waals surface area contributed by atoms with Crippen LogP contribution in [0.3, 0.4) is 0 Å². The number of halogens is 1. The van der Waals surface area contributed by atoms with Gasteiger partial charge in [0.25, 0.3) is 5.91 Å². The standard InChI is InChI=1S/C37H45N9O3.ClH/c1-3-49-25-24-45-33-13-8-7-12-32(33)39-36(45)43-19-9-18-42(22-23-43)20-16-37(29-10-5-4-6-11-29)17-21-44(27-37)35(47)31-26-30(14-15-34(31)48-2)46-28-38-40-41-46;/h4-8,10-15,26,28H,3,9,16-25,27H2,1-2H3;1H. The van der Waals surface area contributed by atoms with E-state index in [1.807, 2.05) is 24.0 Å². The molecule has 2 fully saturated rings. The number of anilines is 1. The molecule has 264 valence electrons. The first kappa shape index (κ1) is 35.3. The Morgan fingerprint density at radius 3 is 2.58 bits per heavy atom. The molecule has 2 saturated heterocycles. The molecule has 0 N–H and O–H groups in total. The van der Waals surface area contributed by atoms with Crippen molar-refractivity contribution in [2.75, 3.05) is 71.0 Å². The molecular formula is C37H46ClN9O3. The molecule has 1 unspecified atom stereocenters. The number of rotatable bonds is 12. The van der Waals surface area contributed by atoms with Crippen molar-refractivity contribution in [3.8, 4) is 11.4 Å². The lowest BCUT2D eigenvalue weighted by Crippen LogP contribution is -2.39. The fraction of sp³-hybridized carbons (Fsp3) is 0.432. The molecule has 2 aliphatic rings. The average molecular weight is 700 g/mol. The summed E-state index contributed by atoms with van der Waals surface area (Å²) in [4.78, 5) is 26.2. The Kier molecular flexibility index (Phi) is 11.3. The Morgan fingerprint density at radius 1 is 0.940 bits per heavy atom. The number of para-hydroxylation sites is 2. The molecule has 12 nitrogen and oxygen atoms in total. The van der Waals surface area contributed by atoms with E-state index in [2.05, 4.69) is 84.5 Å². The number of amides is 1. The van der Waals surface area contributed by atoms with Crippen LogP contribution < -0.4 is 9.64 Å². The minimum atomic E-state index is -0.142. The van der Waals surface area contributed by atoms with Crippen molar-refractivity contribution in [2.24, 2.45) is 0 Å². The molecule has 2 aromatic heterocycles. The Bertz CT molecular complexity index is 1850. The molecule has 50 heavy (non-hydrogen) atoms. The van der Waals surface area contributed by atoms with E-state index in [1.54, 1.807) is 17.9 Å². The lowest BCUT2D eigenvalue weighted by Gasteiger charge is -2.33. The van der Waals surface area contributed by atoms with Crippen molar-refractivity contribution in [3.63, 3.8) is 0 Å². The van der Waals surface area contributed by atoms with Gasteiger partial charge in [-0.15, -0.1) is 17.5 Å². The van der Waals surface area contributed by atoms with Gasteiger partial charge < -0.3 is 28.7 Å². The second-order valence-corrected chi connectivity index (χ2v) is 12.9. The molecule has 0 aliphatic carbocycles. The number of carbonyl (C=O) groups excluding carboxylic acids is 1. The Balaban J connectivity index is 0.00000432. The third-order valence-corrected chi connectivity index (χ3v) is 10.1. The van der Waals surface area contributed by atoms with Crippen LogP contribution in [0.5, 0.6) is 5.75 Å². The number of nitrogens with zero attached hydrogens (tertiary/aromatic N) is 9. The fourth-order valence-corrected chi connectivity index (χ4v) is 7.47. The number of imidazole rings is 1. The summed E-state index contributed by atoms with van der Waals surface area (Å²) in [5.41, 5.74) is 4.56. The maximum Gasteiger partial charge on any atom is 0.257 e. The minimum Gasteiger partial charge on any atom is -0.496 e. The first-order valence-electron chi connectivity index (χ1n) is 17.3. The van der Waals surface area contributed by atoms with Gasteiger partial charge in [-0.2, -0.15) is 0 Å². The fourth-order valence-electron chi connectivity index (χ4n) is 7.47. The normalized spacial score (nSPS) is 18.3. The smallest absolute Gasteiger partial charge is 0.257 e. The Hall–Kier alpha value is -4.52. The summed E-state index contributed by atoms with van der Waals surface area (Å²) < 4.78 is 15.2. The van der Waals surface area contributed by atoms with Gasteiger partial charge in [-0.05, 0) is 85.6 Å². The van der Waals surface area contributed by atoms with Gasteiger partial charge in [0.1, 0.15) is 12.1 Å². The lowest BCUT2D eigenvalue weighted by molar-refractivity contribution is 0.0777. The summed E-state index contributed by atoms with van der Waals surface area (Å²) in [5, 5.41) is 11.5. The molecule has 4 heterocycles. The van der Waals surface area contributed by atoms with E-state index < -0.39 is 0 Å². The number of aromatic nitrogens is 6. The quantitative estimate of drug-likeness (QED) is 0.169. The summed E-state index contributed by atoms with van der Waals surface area (Å²) in [6, 6.07) is 24.6. The van der Waals surface area contributed by atoms with E-state index in [0.717, 1.165) is 75.5 Å². The summed E-state index contributed by atoms with van der Waals surface area (Å²) in [5.74, 6) is 1.54. The summed E-state index contributed by atoms with van der Waals surface area (Å²) in [7, 11) is 1.60. The maximum atomic E-state index is 14.1. The first-order valence-corrected chi connectivity index (χ1v) is 17.3. The highest BCUT2D eigenvalue weighted by molar-refractivity contribution is 5.98. The highest BCUT2D eigenvalue weighted by Gasteiger charge is 2.42. The second-order valence-electron chi connectivity index (χ2n) is 12.9. The van der Waals surface area contributed by atoms with Crippen molar-refractivity contribution < 1.29 is 14.3 Å². The van der Waals surface area contributed by atoms with E-state index in [-0.39, 0.29) is 23.7 Å². The van der Waals surface area contributed by atoms with Gasteiger partial charge in [-0.3, -0.25) is 4.79 Å². The van der Waals surface area contributed by atoms with Gasteiger partial charge in [0, 0.05) is 51.3 Å². The molecule has 2 aliphatic heterocycles. The molecule has 0 radical (unpaired) electrons. The SMILES string of the molecule is CCOCCn1c(N2CCCN(CCC3(c4ccccc4)CCN(C(=O)c4cc(-n5cnnn5)ccc4OC)C3)CC2)nc2ccccc21.Cl. The van der Waals surface area contributed by atoms with E-state index in [9.17, 15) is 4.79 Å². The summed E-state index contributed by atoms with van der Waals surface area (Å²) in [6.45, 7) is 10.4. The summed E-state index contributed by atoms with van der Waals surface area (Å²) in [6.07, 6.45) is 4.46. The molecule has 0 saturated carbocycles. The molecule has 0 spiro atoms. The number of tetrazole rings is 1. The highest BCUT2D eigenvalue weighted by atomic mass is 35.5. The van der Waals surface area contributed by atoms with Crippen LogP contribution in [0.1, 0.15) is 42.1 Å². The molecular weight excluding hydrogens is 654 g/mol. The predicted molar refractivity (Wildman–Crippen MR) is 196 cm³/mol. The van der Waals surface area contributed by atoms with Crippen LogP contribution in [0.15, 0.2) is 79.1 Å². The van der Waals surface area contributed by atoms with Crippen LogP contribution in [0.4, 0.5) is 5.95 Å². The van der Waals surface area contributed by atoms with E-state index in [4.69, 9.17) is 14.5 Å². The molecule has 5 aromatic rings. The van der Waals surface area contributed by atoms with Crippen molar-refractivity contribution in [1.29, 1.82) is 0 Å². The van der Waals surface area contributed by atoms with Gasteiger partial charge in [0.05, 0.1) is 36.0 Å². The Morgan fingerprint density at radius 2 is 1.78 bits per heavy atom. The second kappa shape index (κ2) is 16.0. The zero-order chi connectivity index (χ0) is 33.6. The number of ether oxygens (including phenoxy) is 2. The largest absolute Gasteiger partial charge is 0.496 e. The van der Waals surface area contributed by atoms with Crippen LogP contribution in [0.2, 0.25) is 0 Å². The first-order chi connectivity index (χ1) is 24.1. The van der Waals surface area contributed by atoms with Crippen molar-refractivity contribution >= 4 is 35.3 Å². The van der Waals surface area contributed by atoms with Gasteiger partial charge >= 0.3 is 0 Å². The van der Waals surface area contributed by atoms with Crippen molar-refractivity contribution in [1.82, 2.24) is 39.6 Å². The van der Waals surface area contributed by atoms with Crippen molar-refractivity contribution in [2.45, 2.75) is 38.1 Å². The van der Waals surface area contributed by atoms with Crippen LogP contribution in [0.25, 0.3) is 16.7 Å². The number of benzene rings is 3. The van der Waals surface area contributed by atoms with Crippen LogP contribution >= 0.6 is 12.4 Å². The number of hydrogen-bond donors (Lipinski definition) is 0. The average Bonchev–Trinajstić information content (AvgIpc) is 3.88. The zero-order valence-electron chi connectivity index (χ0n) is 28.9. The van der Waals surface area contributed by atoms with Crippen LogP contribution in [0, 0.1) is 0 Å². The van der Waals surface area contributed by atoms with E-state index in [1.165, 1.54) is 11.9 Å². The topological polar surface area (TPSA) is 107 Å². The number of carbonyl (C=O) groups is 1. The van der Waals surface area contributed by atoms with E-state index in [0.29, 0.717) is 43.3 Å². The molecule has 0 bridgehead atoms. The predicted octanol–water partition coefficient (Wildman–Crippen LogP) is 4.87. The zero-order valence-corrected chi connectivity index (χ0v) is 29.7. The van der Waals surface area contributed by atoms with Crippen LogP contribution in [-0.4, -0.2) is 112 Å². The molecule has 7 rings (SSSR count). The van der Waals surface area contributed by atoms with Crippen molar-refractivity contribution in [3.05, 3.63) is 90.3 Å².